The van der Waals surface area contributed by atoms with Crippen molar-refractivity contribution < 1.29 is 19.1 Å². The third kappa shape index (κ3) is 2.74. The summed E-state index contributed by atoms with van der Waals surface area (Å²) < 4.78 is 10.1. The summed E-state index contributed by atoms with van der Waals surface area (Å²) in [6.07, 6.45) is 0. The summed E-state index contributed by atoms with van der Waals surface area (Å²) in [5.74, 6) is -0.613. The van der Waals surface area contributed by atoms with E-state index in [1.165, 1.54) is 11.0 Å². The Bertz CT molecular complexity index is 501. The van der Waals surface area contributed by atoms with Gasteiger partial charge in [0.2, 0.25) is 0 Å². The zero-order chi connectivity index (χ0) is 13.8. The lowest BCUT2D eigenvalue weighted by Crippen LogP contribution is -2.33. The predicted octanol–water partition coefficient (Wildman–Crippen LogP) is 0.528. The molecular formula is C13H16N2O4. The largest absolute Gasteiger partial charge is 0.399 e. The van der Waals surface area contributed by atoms with E-state index < -0.39 is 0 Å². The first-order valence-corrected chi connectivity index (χ1v) is 5.97. The van der Waals surface area contributed by atoms with Crippen LogP contribution in [0.3, 0.4) is 0 Å². The molecule has 0 unspecified atom stereocenters. The number of nitrogen functional groups attached to an aromatic ring is 1. The van der Waals surface area contributed by atoms with Gasteiger partial charge in [0.15, 0.2) is 0 Å². The van der Waals surface area contributed by atoms with Crippen molar-refractivity contribution in [1.82, 2.24) is 4.90 Å². The summed E-state index contributed by atoms with van der Waals surface area (Å²) in [5, 5.41) is 0. The first-order chi connectivity index (χ1) is 9.15. The van der Waals surface area contributed by atoms with E-state index in [2.05, 4.69) is 0 Å². The van der Waals surface area contributed by atoms with E-state index in [-0.39, 0.29) is 18.4 Å². The highest BCUT2D eigenvalue weighted by Crippen LogP contribution is 2.24. The van der Waals surface area contributed by atoms with Crippen LogP contribution in [-0.4, -0.2) is 50.2 Å². The van der Waals surface area contributed by atoms with Crippen molar-refractivity contribution in [3.05, 3.63) is 29.3 Å². The van der Waals surface area contributed by atoms with Crippen molar-refractivity contribution in [3.8, 4) is 0 Å². The van der Waals surface area contributed by atoms with E-state index in [4.69, 9.17) is 15.2 Å². The van der Waals surface area contributed by atoms with Gasteiger partial charge in [-0.25, -0.2) is 0 Å². The SMILES string of the molecule is COCCOCCN1C(=O)c2ccc(N)cc2C1=O. The zero-order valence-electron chi connectivity index (χ0n) is 10.7. The lowest BCUT2D eigenvalue weighted by atomic mass is 10.1. The summed E-state index contributed by atoms with van der Waals surface area (Å²) in [6.45, 7) is 1.45. The number of methoxy groups -OCH3 is 1. The highest BCUT2D eigenvalue weighted by Gasteiger charge is 2.35. The average molecular weight is 264 g/mol. The number of benzene rings is 1. The topological polar surface area (TPSA) is 81.9 Å². The number of amides is 2. The third-order valence-corrected chi connectivity index (χ3v) is 2.89. The minimum atomic E-state index is -0.317. The van der Waals surface area contributed by atoms with E-state index in [1.807, 2.05) is 0 Å². The van der Waals surface area contributed by atoms with Gasteiger partial charge in [0, 0.05) is 12.8 Å². The first kappa shape index (κ1) is 13.5. The van der Waals surface area contributed by atoms with Crippen LogP contribution in [0.5, 0.6) is 0 Å². The molecule has 1 aromatic rings. The van der Waals surface area contributed by atoms with E-state index in [0.717, 1.165) is 0 Å². The van der Waals surface area contributed by atoms with E-state index in [0.29, 0.717) is 36.6 Å². The molecule has 0 saturated carbocycles. The fourth-order valence-electron chi connectivity index (χ4n) is 1.91. The smallest absolute Gasteiger partial charge is 0.261 e. The van der Waals surface area contributed by atoms with Crippen LogP contribution < -0.4 is 5.73 Å². The first-order valence-electron chi connectivity index (χ1n) is 5.97. The maximum atomic E-state index is 12.0. The van der Waals surface area contributed by atoms with Gasteiger partial charge in [-0.3, -0.25) is 14.5 Å². The van der Waals surface area contributed by atoms with Gasteiger partial charge in [0.05, 0.1) is 37.5 Å². The Morgan fingerprint density at radius 1 is 1.11 bits per heavy atom. The van der Waals surface area contributed by atoms with Crippen LogP contribution in [0.15, 0.2) is 18.2 Å². The molecule has 0 radical (unpaired) electrons. The molecule has 0 spiro atoms. The molecule has 1 aliphatic rings. The van der Waals surface area contributed by atoms with Crippen LogP contribution >= 0.6 is 0 Å². The number of carbonyl (C=O) groups excluding carboxylic acids is 2. The number of fused-ring (bicyclic) bond motifs is 1. The zero-order valence-corrected chi connectivity index (χ0v) is 10.7. The summed E-state index contributed by atoms with van der Waals surface area (Å²) >= 11 is 0. The van der Waals surface area contributed by atoms with Crippen molar-refractivity contribution in [3.63, 3.8) is 0 Å². The van der Waals surface area contributed by atoms with Crippen molar-refractivity contribution in [2.45, 2.75) is 0 Å². The highest BCUT2D eigenvalue weighted by atomic mass is 16.5. The van der Waals surface area contributed by atoms with Crippen LogP contribution in [0.2, 0.25) is 0 Å². The maximum Gasteiger partial charge on any atom is 0.261 e. The molecule has 19 heavy (non-hydrogen) atoms. The third-order valence-electron chi connectivity index (χ3n) is 2.89. The Kier molecular flexibility index (Phi) is 4.13. The summed E-state index contributed by atoms with van der Waals surface area (Å²) in [5.41, 5.74) is 6.85. The van der Waals surface area contributed by atoms with Gasteiger partial charge in [-0.2, -0.15) is 0 Å². The van der Waals surface area contributed by atoms with Gasteiger partial charge >= 0.3 is 0 Å². The monoisotopic (exact) mass is 264 g/mol. The molecular weight excluding hydrogens is 248 g/mol. The van der Waals surface area contributed by atoms with Crippen molar-refractivity contribution in [1.29, 1.82) is 0 Å². The van der Waals surface area contributed by atoms with Gasteiger partial charge in [-0.1, -0.05) is 0 Å². The van der Waals surface area contributed by atoms with E-state index in [1.54, 1.807) is 19.2 Å². The van der Waals surface area contributed by atoms with Gasteiger partial charge in [-0.15, -0.1) is 0 Å². The number of anilines is 1. The number of imide groups is 1. The Balaban J connectivity index is 1.98. The Morgan fingerprint density at radius 2 is 1.84 bits per heavy atom. The van der Waals surface area contributed by atoms with Crippen LogP contribution in [0.1, 0.15) is 20.7 Å². The van der Waals surface area contributed by atoms with Crippen LogP contribution in [-0.2, 0) is 9.47 Å². The van der Waals surface area contributed by atoms with Gasteiger partial charge in [0.1, 0.15) is 0 Å². The number of ether oxygens (including phenoxy) is 2. The molecule has 0 aromatic heterocycles. The van der Waals surface area contributed by atoms with Gasteiger partial charge < -0.3 is 15.2 Å². The van der Waals surface area contributed by atoms with Crippen molar-refractivity contribution in [2.75, 3.05) is 39.2 Å². The fourth-order valence-corrected chi connectivity index (χ4v) is 1.91. The number of carbonyl (C=O) groups is 2. The molecule has 1 aliphatic heterocycles. The number of nitrogens with zero attached hydrogens (tertiary/aromatic N) is 1. The lowest BCUT2D eigenvalue weighted by molar-refractivity contribution is 0.0459. The highest BCUT2D eigenvalue weighted by molar-refractivity contribution is 6.21. The van der Waals surface area contributed by atoms with Crippen LogP contribution in [0, 0.1) is 0 Å². The van der Waals surface area contributed by atoms with Crippen LogP contribution in [0.25, 0.3) is 0 Å². The van der Waals surface area contributed by atoms with Gasteiger partial charge in [-0.05, 0) is 18.2 Å². The fraction of sp³-hybridized carbons (Fsp3) is 0.385. The summed E-state index contributed by atoms with van der Waals surface area (Å²) in [6, 6.07) is 4.72. The number of nitrogens with two attached hydrogens (primary N) is 1. The number of hydrogen-bond donors (Lipinski definition) is 1. The Hall–Kier alpha value is -1.92. The van der Waals surface area contributed by atoms with E-state index >= 15 is 0 Å². The van der Waals surface area contributed by atoms with Gasteiger partial charge in [0.25, 0.3) is 11.8 Å². The standard InChI is InChI=1S/C13H16N2O4/c1-18-6-7-19-5-4-15-12(16)10-3-2-9(14)8-11(10)13(15)17/h2-3,8H,4-7,14H2,1H3. The quantitative estimate of drug-likeness (QED) is 0.460. The number of hydrogen-bond acceptors (Lipinski definition) is 5. The molecule has 1 aromatic carbocycles. The van der Waals surface area contributed by atoms with Crippen molar-refractivity contribution >= 4 is 17.5 Å². The predicted molar refractivity (Wildman–Crippen MR) is 68.9 cm³/mol. The molecule has 0 atom stereocenters. The molecule has 6 heteroatoms. The Morgan fingerprint density at radius 3 is 2.58 bits per heavy atom. The molecule has 0 bridgehead atoms. The van der Waals surface area contributed by atoms with E-state index in [9.17, 15) is 9.59 Å². The number of rotatable bonds is 6. The summed E-state index contributed by atoms with van der Waals surface area (Å²) in [7, 11) is 1.58. The molecule has 102 valence electrons. The molecule has 2 rings (SSSR count). The second-order valence-corrected chi connectivity index (χ2v) is 4.17. The average Bonchev–Trinajstić information content (AvgIpc) is 2.63. The molecule has 2 N–H and O–H groups in total. The van der Waals surface area contributed by atoms with Crippen LogP contribution in [0.4, 0.5) is 5.69 Å². The Labute approximate surface area is 111 Å². The lowest BCUT2D eigenvalue weighted by Gasteiger charge is -2.13. The summed E-state index contributed by atoms with van der Waals surface area (Å²) in [4.78, 5) is 25.2. The minimum Gasteiger partial charge on any atom is -0.399 e. The molecule has 0 saturated heterocycles. The normalized spacial score (nSPS) is 14.1. The molecule has 2 amide bonds. The van der Waals surface area contributed by atoms with Crippen molar-refractivity contribution in [2.24, 2.45) is 0 Å². The minimum absolute atomic E-state index is 0.232. The molecule has 1 heterocycles. The molecule has 6 nitrogen and oxygen atoms in total. The second kappa shape index (κ2) is 5.81. The second-order valence-electron chi connectivity index (χ2n) is 4.17. The maximum absolute atomic E-state index is 12.0. The molecule has 0 fully saturated rings. The molecule has 0 aliphatic carbocycles.